The van der Waals surface area contributed by atoms with E-state index in [-0.39, 0.29) is 17.9 Å². The van der Waals surface area contributed by atoms with Crippen molar-refractivity contribution in [3.63, 3.8) is 0 Å². The molecule has 0 bridgehead atoms. The van der Waals surface area contributed by atoms with Crippen LogP contribution in [0.5, 0.6) is 5.75 Å². The van der Waals surface area contributed by atoms with Crippen molar-refractivity contribution in [1.29, 1.82) is 0 Å². The molecule has 6 nitrogen and oxygen atoms in total. The second-order valence-corrected chi connectivity index (χ2v) is 7.92. The second kappa shape index (κ2) is 8.13. The van der Waals surface area contributed by atoms with Gasteiger partial charge in [0.1, 0.15) is 11.6 Å². The van der Waals surface area contributed by atoms with Crippen LogP contribution in [-0.4, -0.2) is 23.0 Å². The van der Waals surface area contributed by atoms with Crippen LogP contribution in [0.25, 0.3) is 0 Å². The van der Waals surface area contributed by atoms with E-state index in [0.29, 0.717) is 28.0 Å². The zero-order valence-corrected chi connectivity index (χ0v) is 17.0. The quantitative estimate of drug-likeness (QED) is 0.496. The van der Waals surface area contributed by atoms with Gasteiger partial charge in [-0.2, -0.15) is 0 Å². The van der Waals surface area contributed by atoms with E-state index in [9.17, 15) is 9.59 Å². The number of hydrogen-bond acceptors (Lipinski definition) is 5. The highest BCUT2D eigenvalue weighted by atomic mass is 32.2. The lowest BCUT2D eigenvalue weighted by Crippen LogP contribution is -2.31. The molecule has 1 amide bonds. The first-order valence-electron chi connectivity index (χ1n) is 9.30. The van der Waals surface area contributed by atoms with E-state index >= 15 is 0 Å². The Kier molecular flexibility index (Phi) is 5.40. The Morgan fingerprint density at radius 3 is 2.66 bits per heavy atom. The number of carbonyl (C=O) groups is 1. The third kappa shape index (κ3) is 4.05. The number of amides is 1. The fraction of sp³-hybridized carbons (Fsp3) is 0.227. The summed E-state index contributed by atoms with van der Waals surface area (Å²) in [6.45, 7) is 2.04. The highest BCUT2D eigenvalue weighted by molar-refractivity contribution is 7.98. The topological polar surface area (TPSA) is 84.1 Å². The number of benzene rings is 2. The Bertz CT molecular complexity index is 1110. The number of aromatic nitrogens is 2. The summed E-state index contributed by atoms with van der Waals surface area (Å²) in [6.07, 6.45) is 0.175. The van der Waals surface area contributed by atoms with Gasteiger partial charge in [-0.1, -0.05) is 59.8 Å². The number of thioether (sulfide) groups is 1. The van der Waals surface area contributed by atoms with E-state index in [4.69, 9.17) is 4.74 Å². The number of fused-ring (bicyclic) bond motifs is 1. The third-order valence-electron chi connectivity index (χ3n) is 4.94. The number of aryl methyl sites for hydroxylation is 1. The van der Waals surface area contributed by atoms with Crippen LogP contribution in [0.1, 0.15) is 34.6 Å². The van der Waals surface area contributed by atoms with Gasteiger partial charge in [0, 0.05) is 23.7 Å². The van der Waals surface area contributed by atoms with Gasteiger partial charge in [-0.15, -0.1) is 0 Å². The predicted molar refractivity (Wildman–Crippen MR) is 114 cm³/mol. The highest BCUT2D eigenvalue weighted by Crippen LogP contribution is 2.38. The monoisotopic (exact) mass is 407 g/mol. The first-order valence-corrected chi connectivity index (χ1v) is 10.3. The number of H-pyrrole nitrogens is 1. The average Bonchev–Trinajstić information content (AvgIpc) is 2.72. The predicted octanol–water partition coefficient (Wildman–Crippen LogP) is 3.85. The lowest BCUT2D eigenvalue weighted by Gasteiger charge is -2.25. The lowest BCUT2D eigenvalue weighted by atomic mass is 9.86. The second-order valence-electron chi connectivity index (χ2n) is 6.95. The molecule has 7 heteroatoms. The van der Waals surface area contributed by atoms with Crippen LogP contribution < -0.4 is 15.6 Å². The number of methoxy groups -OCH3 is 1. The van der Waals surface area contributed by atoms with Crippen molar-refractivity contribution in [2.75, 3.05) is 12.4 Å². The summed E-state index contributed by atoms with van der Waals surface area (Å²) < 4.78 is 5.44. The van der Waals surface area contributed by atoms with Crippen LogP contribution in [-0.2, 0) is 10.5 Å². The molecule has 4 rings (SSSR count). The van der Waals surface area contributed by atoms with Crippen molar-refractivity contribution in [2.45, 2.75) is 30.2 Å². The third-order valence-corrected chi connectivity index (χ3v) is 5.88. The van der Waals surface area contributed by atoms with Crippen LogP contribution in [0, 0.1) is 6.92 Å². The van der Waals surface area contributed by atoms with Crippen molar-refractivity contribution in [1.82, 2.24) is 9.97 Å². The van der Waals surface area contributed by atoms with Gasteiger partial charge in [-0.25, -0.2) is 4.98 Å². The van der Waals surface area contributed by atoms with Gasteiger partial charge in [0.25, 0.3) is 5.56 Å². The number of ether oxygens (including phenoxy) is 1. The Morgan fingerprint density at radius 2 is 1.90 bits per heavy atom. The summed E-state index contributed by atoms with van der Waals surface area (Å²) >= 11 is 1.43. The Hall–Kier alpha value is -3.06. The van der Waals surface area contributed by atoms with Gasteiger partial charge in [0.05, 0.1) is 12.7 Å². The summed E-state index contributed by atoms with van der Waals surface area (Å²) in [4.78, 5) is 32.7. The number of para-hydroxylation sites is 1. The van der Waals surface area contributed by atoms with Gasteiger partial charge in [0.15, 0.2) is 5.16 Å². The van der Waals surface area contributed by atoms with E-state index in [0.717, 1.165) is 11.1 Å². The molecule has 0 radical (unpaired) electrons. The van der Waals surface area contributed by atoms with E-state index in [1.807, 2.05) is 31.2 Å². The van der Waals surface area contributed by atoms with Gasteiger partial charge >= 0.3 is 0 Å². The molecule has 3 aromatic rings. The molecule has 1 atom stereocenters. The molecule has 0 saturated carbocycles. The molecule has 0 fully saturated rings. The summed E-state index contributed by atoms with van der Waals surface area (Å²) in [7, 11) is 1.58. The number of nitrogens with one attached hydrogen (secondary N) is 2. The first-order chi connectivity index (χ1) is 14.0. The number of aromatic amines is 1. The van der Waals surface area contributed by atoms with Crippen molar-refractivity contribution >= 4 is 23.5 Å². The lowest BCUT2D eigenvalue weighted by molar-refractivity contribution is -0.116. The summed E-state index contributed by atoms with van der Waals surface area (Å²) in [5.41, 5.74) is 3.37. The molecular formula is C22H21N3O3S. The molecule has 0 aliphatic carbocycles. The Balaban J connectivity index is 1.67. The molecular weight excluding hydrogens is 386 g/mol. The molecule has 1 aliphatic heterocycles. The van der Waals surface area contributed by atoms with Gasteiger partial charge < -0.3 is 15.0 Å². The minimum absolute atomic E-state index is 0.166. The zero-order chi connectivity index (χ0) is 20.4. The van der Waals surface area contributed by atoms with Crippen LogP contribution in [0.15, 0.2) is 58.5 Å². The molecule has 0 saturated heterocycles. The van der Waals surface area contributed by atoms with Crippen LogP contribution >= 0.6 is 11.8 Å². The summed E-state index contributed by atoms with van der Waals surface area (Å²) in [5, 5.41) is 3.24. The first kappa shape index (κ1) is 19.3. The van der Waals surface area contributed by atoms with E-state index < -0.39 is 5.92 Å². The minimum Gasteiger partial charge on any atom is -0.496 e. The van der Waals surface area contributed by atoms with Crippen molar-refractivity contribution in [3.05, 3.63) is 81.1 Å². The van der Waals surface area contributed by atoms with Crippen LogP contribution in [0.2, 0.25) is 0 Å². The maximum Gasteiger partial charge on any atom is 0.257 e. The highest BCUT2D eigenvalue weighted by Gasteiger charge is 2.32. The number of anilines is 1. The van der Waals surface area contributed by atoms with Crippen molar-refractivity contribution in [2.24, 2.45) is 0 Å². The fourth-order valence-corrected chi connectivity index (χ4v) is 4.29. The molecule has 0 spiro atoms. The molecule has 29 heavy (non-hydrogen) atoms. The smallest absolute Gasteiger partial charge is 0.257 e. The molecule has 1 aromatic heterocycles. The Labute approximate surface area is 172 Å². The largest absolute Gasteiger partial charge is 0.496 e. The van der Waals surface area contributed by atoms with Crippen molar-refractivity contribution < 1.29 is 9.53 Å². The number of nitrogens with zero attached hydrogens (tertiary/aromatic N) is 1. The van der Waals surface area contributed by atoms with Crippen molar-refractivity contribution in [3.8, 4) is 5.75 Å². The molecule has 2 heterocycles. The average molecular weight is 407 g/mol. The standard InChI is InChI=1S/C22H21N3O3S/c1-13-7-9-14(10-8-13)12-29-22-24-20-19(21(27)25-22)16(11-18(26)23-20)15-5-3-4-6-17(15)28-2/h3-10,16H,11-12H2,1-2H3,(H2,23,24,25,26,27). The molecule has 148 valence electrons. The SMILES string of the molecule is COc1ccccc1C1CC(=O)Nc2nc(SCc3ccc(C)cc3)[nH]c(=O)c21. The Morgan fingerprint density at radius 1 is 1.14 bits per heavy atom. The fourth-order valence-electron chi connectivity index (χ4n) is 3.47. The van der Waals surface area contributed by atoms with Gasteiger partial charge in [-0.05, 0) is 18.6 Å². The number of hydrogen-bond donors (Lipinski definition) is 2. The molecule has 2 aromatic carbocycles. The van der Waals surface area contributed by atoms with E-state index in [2.05, 4.69) is 39.6 Å². The van der Waals surface area contributed by atoms with E-state index in [1.54, 1.807) is 7.11 Å². The summed E-state index contributed by atoms with van der Waals surface area (Å²) in [6, 6.07) is 15.7. The number of rotatable bonds is 5. The minimum atomic E-state index is -0.401. The van der Waals surface area contributed by atoms with E-state index in [1.165, 1.54) is 17.3 Å². The number of carbonyl (C=O) groups excluding carboxylic acids is 1. The van der Waals surface area contributed by atoms with Crippen LogP contribution in [0.4, 0.5) is 5.82 Å². The van der Waals surface area contributed by atoms with Gasteiger partial charge in [-0.3, -0.25) is 9.59 Å². The molecule has 1 aliphatic rings. The zero-order valence-electron chi connectivity index (χ0n) is 16.2. The van der Waals surface area contributed by atoms with Gasteiger partial charge in [0.2, 0.25) is 5.91 Å². The maximum absolute atomic E-state index is 12.9. The maximum atomic E-state index is 12.9. The normalized spacial score (nSPS) is 15.5. The van der Waals surface area contributed by atoms with Crippen LogP contribution in [0.3, 0.4) is 0 Å². The molecule has 2 N–H and O–H groups in total. The summed E-state index contributed by atoms with van der Waals surface area (Å²) in [5.74, 6) is 1.08. The molecule has 1 unspecified atom stereocenters.